The molecule has 0 saturated heterocycles. The summed E-state index contributed by atoms with van der Waals surface area (Å²) in [5, 5.41) is 5.55. The maximum absolute atomic E-state index is 11.6. The van der Waals surface area contributed by atoms with Crippen LogP contribution >= 0.6 is 23.2 Å². The summed E-state index contributed by atoms with van der Waals surface area (Å²) < 4.78 is 0. The van der Waals surface area contributed by atoms with Crippen molar-refractivity contribution in [3.05, 3.63) is 28.2 Å². The fraction of sp³-hybridized carbons (Fsp3) is 0.200. The van der Waals surface area contributed by atoms with Crippen molar-refractivity contribution in [1.29, 1.82) is 0 Å². The van der Waals surface area contributed by atoms with E-state index in [1.54, 1.807) is 12.1 Å². The molecule has 3 amide bonds. The maximum Gasteiger partial charge on any atom is 0.312 e. The quantitative estimate of drug-likeness (QED) is 0.788. The summed E-state index contributed by atoms with van der Waals surface area (Å²) >= 11 is 11.5. The van der Waals surface area contributed by atoms with E-state index in [9.17, 15) is 9.59 Å². The van der Waals surface area contributed by atoms with E-state index < -0.39 is 18.0 Å². The predicted octanol–water partition coefficient (Wildman–Crippen LogP) is 1.99. The minimum atomic E-state index is -0.762. The molecule has 7 heteroatoms. The lowest BCUT2D eigenvalue weighted by Gasteiger charge is -2.12. The molecular weight excluding hydrogens is 265 g/mol. The molecule has 4 N–H and O–H groups in total. The minimum Gasteiger partial charge on any atom is -0.352 e. The molecule has 0 spiro atoms. The Kier molecular flexibility index (Phi) is 4.60. The molecule has 0 aliphatic carbocycles. The van der Waals surface area contributed by atoms with E-state index in [0.29, 0.717) is 15.7 Å². The lowest BCUT2D eigenvalue weighted by atomic mass is 10.2. The molecule has 1 atom stereocenters. The Morgan fingerprint density at radius 3 is 2.47 bits per heavy atom. The average Bonchev–Trinajstić information content (AvgIpc) is 2.22. The number of benzene rings is 1. The summed E-state index contributed by atoms with van der Waals surface area (Å²) in [6, 6.07) is 3.18. The number of carbonyl (C=O) groups is 2. The molecule has 1 rings (SSSR count). The zero-order valence-corrected chi connectivity index (χ0v) is 10.5. The van der Waals surface area contributed by atoms with Gasteiger partial charge in [-0.15, -0.1) is 0 Å². The third-order valence-electron chi connectivity index (χ3n) is 1.94. The van der Waals surface area contributed by atoms with E-state index >= 15 is 0 Å². The summed E-state index contributed by atoms with van der Waals surface area (Å²) in [5.41, 5.74) is 5.39. The molecule has 0 aliphatic rings. The first-order valence-corrected chi connectivity index (χ1v) is 5.47. The van der Waals surface area contributed by atoms with Crippen LogP contribution in [0.4, 0.5) is 10.5 Å². The van der Waals surface area contributed by atoms with E-state index in [4.69, 9.17) is 28.9 Å². The molecule has 1 unspecified atom stereocenters. The molecule has 0 aromatic heterocycles. The van der Waals surface area contributed by atoms with Gasteiger partial charge in [0.2, 0.25) is 5.91 Å². The third-order valence-corrected chi connectivity index (χ3v) is 2.68. The summed E-state index contributed by atoms with van der Waals surface area (Å²) in [5.74, 6) is -0.401. The second-order valence-electron chi connectivity index (χ2n) is 3.35. The van der Waals surface area contributed by atoms with Crippen LogP contribution in [0.25, 0.3) is 0 Å². The molecule has 92 valence electrons. The van der Waals surface area contributed by atoms with Crippen molar-refractivity contribution in [3.8, 4) is 0 Å². The van der Waals surface area contributed by atoms with E-state index in [0.717, 1.165) is 0 Å². The van der Waals surface area contributed by atoms with Gasteiger partial charge in [-0.2, -0.15) is 0 Å². The van der Waals surface area contributed by atoms with Gasteiger partial charge in [0.05, 0.1) is 10.0 Å². The highest BCUT2D eigenvalue weighted by Crippen LogP contribution is 2.24. The average molecular weight is 276 g/mol. The number of anilines is 1. The van der Waals surface area contributed by atoms with E-state index in [1.165, 1.54) is 13.0 Å². The summed E-state index contributed by atoms with van der Waals surface area (Å²) in [4.78, 5) is 22.1. The number of rotatable bonds is 3. The Morgan fingerprint density at radius 1 is 1.29 bits per heavy atom. The smallest absolute Gasteiger partial charge is 0.312 e. The zero-order chi connectivity index (χ0) is 13.0. The number of nitrogens with one attached hydrogen (secondary N) is 2. The van der Waals surface area contributed by atoms with Crippen LogP contribution < -0.4 is 16.4 Å². The fourth-order valence-corrected chi connectivity index (χ4v) is 1.40. The number of urea groups is 1. The Labute approximate surface area is 108 Å². The van der Waals surface area contributed by atoms with Crippen molar-refractivity contribution in [1.82, 2.24) is 5.32 Å². The maximum atomic E-state index is 11.6. The fourth-order valence-electron chi connectivity index (χ4n) is 1.10. The SMILES string of the molecule is CC(NC(N)=O)C(=O)Nc1ccc(Cl)c(Cl)c1. The topological polar surface area (TPSA) is 84.2 Å². The molecule has 0 saturated carbocycles. The normalized spacial score (nSPS) is 11.7. The summed E-state index contributed by atoms with van der Waals surface area (Å²) in [6.07, 6.45) is 0. The summed E-state index contributed by atoms with van der Waals surface area (Å²) in [6.45, 7) is 1.51. The second-order valence-corrected chi connectivity index (χ2v) is 4.16. The Balaban J connectivity index is 2.67. The first-order valence-electron chi connectivity index (χ1n) is 4.72. The van der Waals surface area contributed by atoms with Crippen molar-refractivity contribution >= 4 is 40.8 Å². The zero-order valence-electron chi connectivity index (χ0n) is 8.96. The highest BCUT2D eigenvalue weighted by molar-refractivity contribution is 6.42. The van der Waals surface area contributed by atoms with Gasteiger partial charge in [-0.3, -0.25) is 4.79 Å². The largest absolute Gasteiger partial charge is 0.352 e. The van der Waals surface area contributed by atoms with Crippen LogP contribution in [-0.2, 0) is 4.79 Å². The van der Waals surface area contributed by atoms with Crippen molar-refractivity contribution in [2.45, 2.75) is 13.0 Å². The Bertz CT molecular complexity index is 451. The number of carbonyl (C=O) groups excluding carboxylic acids is 2. The highest BCUT2D eigenvalue weighted by atomic mass is 35.5. The summed E-state index contributed by atoms with van der Waals surface area (Å²) in [7, 11) is 0. The second kappa shape index (κ2) is 5.75. The number of amides is 3. The van der Waals surface area contributed by atoms with Crippen LogP contribution in [0.1, 0.15) is 6.92 Å². The van der Waals surface area contributed by atoms with Crippen LogP contribution in [-0.4, -0.2) is 18.0 Å². The van der Waals surface area contributed by atoms with Crippen LogP contribution in [0.15, 0.2) is 18.2 Å². The molecule has 0 aliphatic heterocycles. The predicted molar refractivity (Wildman–Crippen MR) is 67.3 cm³/mol. The van der Waals surface area contributed by atoms with Gasteiger partial charge < -0.3 is 16.4 Å². The third kappa shape index (κ3) is 4.13. The van der Waals surface area contributed by atoms with Crippen LogP contribution in [0.3, 0.4) is 0 Å². The van der Waals surface area contributed by atoms with Gasteiger partial charge in [-0.1, -0.05) is 23.2 Å². The molecule has 5 nitrogen and oxygen atoms in total. The van der Waals surface area contributed by atoms with Crippen molar-refractivity contribution in [3.63, 3.8) is 0 Å². The van der Waals surface area contributed by atoms with Gasteiger partial charge in [0.1, 0.15) is 6.04 Å². The highest BCUT2D eigenvalue weighted by Gasteiger charge is 2.14. The lowest BCUT2D eigenvalue weighted by molar-refractivity contribution is -0.117. The van der Waals surface area contributed by atoms with E-state index in [-0.39, 0.29) is 0 Å². The van der Waals surface area contributed by atoms with E-state index in [2.05, 4.69) is 10.6 Å². The molecule has 0 radical (unpaired) electrons. The van der Waals surface area contributed by atoms with Crippen molar-refractivity contribution < 1.29 is 9.59 Å². The molecule has 17 heavy (non-hydrogen) atoms. The minimum absolute atomic E-state index is 0.333. The molecule has 1 aromatic rings. The van der Waals surface area contributed by atoms with Gasteiger partial charge in [-0.25, -0.2) is 4.79 Å². The van der Waals surface area contributed by atoms with Crippen LogP contribution in [0, 0.1) is 0 Å². The van der Waals surface area contributed by atoms with Gasteiger partial charge in [0.25, 0.3) is 0 Å². The van der Waals surface area contributed by atoms with Gasteiger partial charge >= 0.3 is 6.03 Å². The number of hydrogen-bond acceptors (Lipinski definition) is 2. The molecule has 1 aromatic carbocycles. The number of halogens is 2. The number of primary amides is 1. The molecule has 0 heterocycles. The van der Waals surface area contributed by atoms with E-state index in [1.807, 2.05) is 0 Å². The lowest BCUT2D eigenvalue weighted by Crippen LogP contribution is -2.44. The van der Waals surface area contributed by atoms with Crippen LogP contribution in [0.2, 0.25) is 10.0 Å². The standard InChI is InChI=1S/C10H11Cl2N3O2/c1-5(14-10(13)17)9(16)15-6-2-3-7(11)8(12)4-6/h2-5H,1H3,(H,15,16)(H3,13,14,17). The Morgan fingerprint density at radius 2 is 1.94 bits per heavy atom. The molecule has 0 fully saturated rings. The van der Waals surface area contributed by atoms with Gasteiger partial charge in [0.15, 0.2) is 0 Å². The monoisotopic (exact) mass is 275 g/mol. The number of nitrogens with two attached hydrogens (primary N) is 1. The van der Waals surface area contributed by atoms with Gasteiger partial charge in [0, 0.05) is 5.69 Å². The molecular formula is C10H11Cl2N3O2. The van der Waals surface area contributed by atoms with Gasteiger partial charge in [-0.05, 0) is 25.1 Å². The van der Waals surface area contributed by atoms with Crippen molar-refractivity contribution in [2.75, 3.05) is 5.32 Å². The van der Waals surface area contributed by atoms with Crippen molar-refractivity contribution in [2.24, 2.45) is 5.73 Å². The Hall–Kier alpha value is -1.46. The van der Waals surface area contributed by atoms with Crippen LogP contribution in [0.5, 0.6) is 0 Å². The number of hydrogen-bond donors (Lipinski definition) is 3. The first kappa shape index (κ1) is 13.6. The first-order chi connectivity index (χ1) is 7.90. The molecule has 0 bridgehead atoms.